The average Bonchev–Trinajstić information content (AvgIpc) is 2.71. The topological polar surface area (TPSA) is 32.7 Å². The van der Waals surface area contributed by atoms with E-state index in [1.807, 2.05) is 42.5 Å². The molecule has 0 bridgehead atoms. The van der Waals surface area contributed by atoms with Crippen molar-refractivity contribution in [3.05, 3.63) is 69.8 Å². The van der Waals surface area contributed by atoms with Gasteiger partial charge in [-0.2, -0.15) is 0 Å². The predicted octanol–water partition coefficient (Wildman–Crippen LogP) is 5.08. The first-order valence-corrected chi connectivity index (χ1v) is 10.0. The quantitative estimate of drug-likeness (QED) is 0.749. The lowest BCUT2D eigenvalue weighted by Gasteiger charge is -2.39. The highest BCUT2D eigenvalue weighted by molar-refractivity contribution is 6.32. The number of methoxy groups -OCH3 is 1. The Hall–Kier alpha value is -1.52. The number of benzene rings is 2. The van der Waals surface area contributed by atoms with Gasteiger partial charge in [-0.1, -0.05) is 53.6 Å². The van der Waals surface area contributed by atoms with Crippen LogP contribution in [0.2, 0.25) is 5.02 Å². The van der Waals surface area contributed by atoms with Crippen LogP contribution in [0.4, 0.5) is 0 Å². The molecular weight excluding hydrogens is 393 g/mol. The molecule has 0 aromatic heterocycles. The third kappa shape index (κ3) is 4.23. The Bertz CT molecular complexity index is 843. The molecule has 0 saturated carbocycles. The predicted molar refractivity (Wildman–Crippen MR) is 118 cm³/mol. The van der Waals surface area contributed by atoms with Crippen LogP contribution in [0, 0.1) is 0 Å². The fraction of sp³-hybridized carbons (Fsp3) is 0.391. The molecular formula is C23H27Cl2NO2. The molecule has 150 valence electrons. The molecule has 1 N–H and O–H groups in total. The average molecular weight is 420 g/mol. The first-order valence-electron chi connectivity index (χ1n) is 9.64. The summed E-state index contributed by atoms with van der Waals surface area (Å²) in [5.41, 5.74) is 4.07. The Kier molecular flexibility index (Phi) is 6.72. The molecule has 28 heavy (non-hydrogen) atoms. The first-order chi connectivity index (χ1) is 13.1. The van der Waals surface area contributed by atoms with Crippen molar-refractivity contribution in [3.63, 3.8) is 0 Å². The van der Waals surface area contributed by atoms with Gasteiger partial charge in [0.25, 0.3) is 0 Å². The van der Waals surface area contributed by atoms with Gasteiger partial charge in [0, 0.05) is 30.2 Å². The number of halogens is 2. The molecule has 1 aliphatic carbocycles. The number of piperidine rings is 1. The first kappa shape index (κ1) is 21.2. The van der Waals surface area contributed by atoms with Crippen molar-refractivity contribution in [2.75, 3.05) is 26.7 Å². The minimum atomic E-state index is -0.692. The Morgan fingerprint density at radius 1 is 1.07 bits per heavy atom. The molecule has 1 heterocycles. The van der Waals surface area contributed by atoms with Gasteiger partial charge in [0.15, 0.2) is 0 Å². The van der Waals surface area contributed by atoms with E-state index < -0.39 is 5.60 Å². The zero-order chi connectivity index (χ0) is 18.9. The van der Waals surface area contributed by atoms with Crippen LogP contribution in [0.5, 0.6) is 5.75 Å². The lowest BCUT2D eigenvalue weighted by molar-refractivity contribution is -0.0240. The van der Waals surface area contributed by atoms with Gasteiger partial charge in [-0.25, -0.2) is 0 Å². The summed E-state index contributed by atoms with van der Waals surface area (Å²) < 4.78 is 5.49. The highest BCUT2D eigenvalue weighted by Gasteiger charge is 2.34. The molecule has 0 unspecified atom stereocenters. The van der Waals surface area contributed by atoms with Crippen molar-refractivity contribution in [1.82, 2.24) is 4.90 Å². The van der Waals surface area contributed by atoms with E-state index in [0.29, 0.717) is 0 Å². The summed E-state index contributed by atoms with van der Waals surface area (Å²) in [6.45, 7) is 2.75. The number of nitrogens with zero attached hydrogens (tertiary/aromatic N) is 1. The smallest absolute Gasteiger partial charge is 0.122 e. The van der Waals surface area contributed by atoms with Gasteiger partial charge < -0.3 is 9.84 Å². The maximum Gasteiger partial charge on any atom is 0.122 e. The number of aliphatic hydroxyl groups is 1. The summed E-state index contributed by atoms with van der Waals surface area (Å²) in [5, 5.41) is 11.8. The summed E-state index contributed by atoms with van der Waals surface area (Å²) in [4.78, 5) is 2.45. The standard InChI is InChI=1S/C23H26ClNO2.ClH/c1-27-22-10-9-21(24)20-15-17(7-8-19(20)22)16-25-13-11-23(26,12-14-25)18-5-3-2-4-6-18;/h2-6,9-10,15,26H,7-8,11-14,16H2,1H3;1H. The van der Waals surface area contributed by atoms with Crippen LogP contribution in [0.25, 0.3) is 6.08 Å². The number of ether oxygens (including phenoxy) is 1. The molecule has 0 atom stereocenters. The highest BCUT2D eigenvalue weighted by Crippen LogP contribution is 2.37. The van der Waals surface area contributed by atoms with Gasteiger partial charge in [0.05, 0.1) is 12.7 Å². The van der Waals surface area contributed by atoms with Crippen molar-refractivity contribution in [1.29, 1.82) is 0 Å². The molecule has 1 fully saturated rings. The number of fused-ring (bicyclic) bond motifs is 1. The zero-order valence-electron chi connectivity index (χ0n) is 16.2. The number of likely N-dealkylation sites (tertiary alicyclic amines) is 1. The number of hydrogen-bond acceptors (Lipinski definition) is 3. The molecule has 2 aromatic rings. The van der Waals surface area contributed by atoms with Crippen LogP contribution >= 0.6 is 24.0 Å². The molecule has 2 aromatic carbocycles. The van der Waals surface area contributed by atoms with Gasteiger partial charge in [-0.05, 0) is 48.9 Å². The second-order valence-corrected chi connectivity index (χ2v) is 8.03. The Balaban J connectivity index is 0.00000225. The second kappa shape index (κ2) is 8.87. The Labute approximate surface area is 178 Å². The van der Waals surface area contributed by atoms with Crippen molar-refractivity contribution in [2.24, 2.45) is 0 Å². The van der Waals surface area contributed by atoms with Crippen molar-refractivity contribution >= 4 is 30.1 Å². The normalized spacial score (nSPS) is 18.6. The molecule has 2 aliphatic rings. The van der Waals surface area contributed by atoms with E-state index in [1.165, 1.54) is 11.1 Å². The molecule has 1 aliphatic heterocycles. The lowest BCUT2D eigenvalue weighted by Crippen LogP contribution is -2.43. The maximum atomic E-state index is 11.0. The number of hydrogen-bond donors (Lipinski definition) is 1. The SMILES string of the molecule is COc1ccc(Cl)c2c1CCC(CN1CCC(O)(c3ccccc3)CC1)=C2.Cl. The summed E-state index contributed by atoms with van der Waals surface area (Å²) >= 11 is 6.44. The van der Waals surface area contributed by atoms with Crippen LogP contribution < -0.4 is 4.74 Å². The monoisotopic (exact) mass is 419 g/mol. The molecule has 5 heteroatoms. The maximum absolute atomic E-state index is 11.0. The van der Waals surface area contributed by atoms with E-state index in [9.17, 15) is 5.11 Å². The molecule has 0 spiro atoms. The Morgan fingerprint density at radius 3 is 2.46 bits per heavy atom. The van der Waals surface area contributed by atoms with E-state index in [1.54, 1.807) is 7.11 Å². The van der Waals surface area contributed by atoms with E-state index >= 15 is 0 Å². The van der Waals surface area contributed by atoms with Gasteiger partial charge in [0.1, 0.15) is 5.75 Å². The van der Waals surface area contributed by atoms with Crippen molar-refractivity contribution < 1.29 is 9.84 Å². The minimum Gasteiger partial charge on any atom is -0.496 e. The van der Waals surface area contributed by atoms with E-state index in [4.69, 9.17) is 16.3 Å². The molecule has 4 rings (SSSR count). The fourth-order valence-electron chi connectivity index (χ4n) is 4.31. The largest absolute Gasteiger partial charge is 0.496 e. The van der Waals surface area contributed by atoms with Crippen LogP contribution in [0.1, 0.15) is 36.0 Å². The zero-order valence-corrected chi connectivity index (χ0v) is 17.7. The van der Waals surface area contributed by atoms with Gasteiger partial charge >= 0.3 is 0 Å². The van der Waals surface area contributed by atoms with Crippen LogP contribution in [0.3, 0.4) is 0 Å². The lowest BCUT2D eigenvalue weighted by atomic mass is 9.84. The van der Waals surface area contributed by atoms with Gasteiger partial charge in [-0.15, -0.1) is 12.4 Å². The van der Waals surface area contributed by atoms with Crippen molar-refractivity contribution in [3.8, 4) is 5.75 Å². The van der Waals surface area contributed by atoms with Crippen molar-refractivity contribution in [2.45, 2.75) is 31.3 Å². The van der Waals surface area contributed by atoms with Gasteiger partial charge in [-0.3, -0.25) is 4.90 Å². The van der Waals surface area contributed by atoms with E-state index in [-0.39, 0.29) is 12.4 Å². The fourth-order valence-corrected chi connectivity index (χ4v) is 4.54. The highest BCUT2D eigenvalue weighted by atomic mass is 35.5. The van der Waals surface area contributed by atoms with E-state index in [0.717, 1.165) is 67.2 Å². The summed E-state index contributed by atoms with van der Waals surface area (Å²) in [6, 6.07) is 13.9. The molecule has 3 nitrogen and oxygen atoms in total. The van der Waals surface area contributed by atoms with Crippen LogP contribution in [-0.4, -0.2) is 36.8 Å². The third-order valence-corrected chi connectivity index (χ3v) is 6.28. The van der Waals surface area contributed by atoms with Gasteiger partial charge in [0.2, 0.25) is 0 Å². The molecule has 1 saturated heterocycles. The minimum absolute atomic E-state index is 0. The number of rotatable bonds is 4. The second-order valence-electron chi connectivity index (χ2n) is 7.62. The summed E-state index contributed by atoms with van der Waals surface area (Å²) in [5.74, 6) is 0.926. The van der Waals surface area contributed by atoms with E-state index in [2.05, 4.69) is 11.0 Å². The Morgan fingerprint density at radius 2 is 1.79 bits per heavy atom. The molecule has 0 radical (unpaired) electrons. The van der Waals surface area contributed by atoms with Crippen LogP contribution in [0.15, 0.2) is 48.0 Å². The summed E-state index contributed by atoms with van der Waals surface area (Å²) in [6.07, 6.45) is 5.78. The molecule has 0 amide bonds. The van der Waals surface area contributed by atoms with Crippen LogP contribution in [-0.2, 0) is 12.0 Å². The summed E-state index contributed by atoms with van der Waals surface area (Å²) in [7, 11) is 1.71. The third-order valence-electron chi connectivity index (χ3n) is 5.95.